The van der Waals surface area contributed by atoms with Crippen LogP contribution in [0.4, 0.5) is 0 Å². The van der Waals surface area contributed by atoms with Crippen molar-refractivity contribution in [1.82, 2.24) is 15.1 Å². The Morgan fingerprint density at radius 1 is 1.18 bits per heavy atom. The average Bonchev–Trinajstić information content (AvgIpc) is 2.85. The van der Waals surface area contributed by atoms with E-state index >= 15 is 0 Å². The number of likely N-dealkylation sites (N-methyl/N-ethyl adjacent to an activating group) is 1. The number of benzene rings is 1. The molecule has 0 spiro atoms. The molecule has 2 rings (SSSR count). The van der Waals surface area contributed by atoms with E-state index < -0.39 is 0 Å². The van der Waals surface area contributed by atoms with Crippen LogP contribution in [0.2, 0.25) is 0 Å². The van der Waals surface area contributed by atoms with Crippen molar-refractivity contribution in [3.05, 3.63) is 29.8 Å². The van der Waals surface area contributed by atoms with E-state index in [0.717, 1.165) is 31.6 Å². The Bertz CT molecular complexity index is 652. The van der Waals surface area contributed by atoms with Crippen molar-refractivity contribution in [2.45, 2.75) is 58.0 Å². The number of carbonyl (C=O) groups excluding carboxylic acids is 2. The second-order valence-electron chi connectivity index (χ2n) is 8.66. The molecular formula is C22H35N3O3. The van der Waals surface area contributed by atoms with Gasteiger partial charge in [0.1, 0.15) is 5.75 Å². The van der Waals surface area contributed by atoms with E-state index in [0.29, 0.717) is 6.54 Å². The summed E-state index contributed by atoms with van der Waals surface area (Å²) in [5.74, 6) is 0.681. The summed E-state index contributed by atoms with van der Waals surface area (Å²) in [7, 11) is 3.36. The first-order valence-electron chi connectivity index (χ1n) is 10.1. The minimum Gasteiger partial charge on any atom is -0.497 e. The standard InChI is InChI=1S/C22H35N3O3/c1-22(2,3)23-20(26)15-24(4)21(27)16-25-14-8-6-7-9-19(25)17-10-12-18(28-5)13-11-17/h10-13,19H,6-9,14-16H2,1-5H3,(H,23,26). The number of nitrogens with one attached hydrogen (secondary N) is 1. The molecule has 1 fully saturated rings. The van der Waals surface area contributed by atoms with Crippen molar-refractivity contribution < 1.29 is 14.3 Å². The van der Waals surface area contributed by atoms with Gasteiger partial charge in [0.05, 0.1) is 20.2 Å². The van der Waals surface area contributed by atoms with Gasteiger partial charge in [0.25, 0.3) is 0 Å². The highest BCUT2D eigenvalue weighted by Crippen LogP contribution is 2.31. The predicted molar refractivity (Wildman–Crippen MR) is 111 cm³/mol. The van der Waals surface area contributed by atoms with E-state index in [1.165, 1.54) is 16.9 Å². The Kier molecular flexibility index (Phi) is 7.87. The van der Waals surface area contributed by atoms with Gasteiger partial charge in [0.2, 0.25) is 11.8 Å². The predicted octanol–water partition coefficient (Wildman–Crippen LogP) is 2.99. The van der Waals surface area contributed by atoms with Crippen LogP contribution in [0, 0.1) is 0 Å². The first kappa shape index (κ1) is 22.2. The SMILES string of the molecule is COc1ccc(C2CCCCCN2CC(=O)N(C)CC(=O)NC(C)(C)C)cc1. The smallest absolute Gasteiger partial charge is 0.240 e. The van der Waals surface area contributed by atoms with Crippen LogP contribution in [0.1, 0.15) is 58.1 Å². The number of nitrogens with zero attached hydrogens (tertiary/aromatic N) is 2. The summed E-state index contributed by atoms with van der Waals surface area (Å²) < 4.78 is 5.26. The molecule has 1 aromatic rings. The summed E-state index contributed by atoms with van der Waals surface area (Å²) in [6, 6.07) is 8.35. The van der Waals surface area contributed by atoms with Crippen LogP contribution >= 0.6 is 0 Å². The molecule has 1 atom stereocenters. The summed E-state index contributed by atoms with van der Waals surface area (Å²) >= 11 is 0. The Balaban J connectivity index is 2.02. The maximum Gasteiger partial charge on any atom is 0.240 e. The lowest BCUT2D eigenvalue weighted by Gasteiger charge is -2.31. The van der Waals surface area contributed by atoms with E-state index in [4.69, 9.17) is 4.74 Å². The number of hydrogen-bond acceptors (Lipinski definition) is 4. The van der Waals surface area contributed by atoms with E-state index in [1.807, 2.05) is 32.9 Å². The number of likely N-dealkylation sites (tertiary alicyclic amines) is 1. The molecule has 0 aromatic heterocycles. The third kappa shape index (κ3) is 6.82. The van der Waals surface area contributed by atoms with Crippen LogP contribution in [-0.4, -0.2) is 60.9 Å². The highest BCUT2D eigenvalue weighted by Gasteiger charge is 2.26. The lowest BCUT2D eigenvalue weighted by molar-refractivity contribution is -0.136. The van der Waals surface area contributed by atoms with Crippen LogP contribution in [0.15, 0.2) is 24.3 Å². The Morgan fingerprint density at radius 3 is 2.46 bits per heavy atom. The third-order valence-corrected chi connectivity index (χ3v) is 5.02. The highest BCUT2D eigenvalue weighted by atomic mass is 16.5. The molecule has 1 aliphatic rings. The van der Waals surface area contributed by atoms with Gasteiger partial charge in [-0.05, 0) is 57.9 Å². The van der Waals surface area contributed by atoms with E-state index in [9.17, 15) is 9.59 Å². The minimum atomic E-state index is -0.300. The molecule has 6 nitrogen and oxygen atoms in total. The normalized spacial score (nSPS) is 18.2. The number of methoxy groups -OCH3 is 1. The van der Waals surface area contributed by atoms with Crippen LogP contribution in [-0.2, 0) is 9.59 Å². The molecule has 1 heterocycles. The Morgan fingerprint density at radius 2 is 1.86 bits per heavy atom. The third-order valence-electron chi connectivity index (χ3n) is 5.02. The number of hydrogen-bond donors (Lipinski definition) is 1. The molecule has 0 radical (unpaired) electrons. The van der Waals surface area contributed by atoms with Crippen LogP contribution in [0.5, 0.6) is 5.75 Å². The number of ether oxygens (including phenoxy) is 1. The number of amides is 2. The summed E-state index contributed by atoms with van der Waals surface area (Å²) in [5.41, 5.74) is 0.911. The fourth-order valence-electron chi connectivity index (χ4n) is 3.62. The fraction of sp³-hybridized carbons (Fsp3) is 0.636. The zero-order valence-electron chi connectivity index (χ0n) is 18.0. The lowest BCUT2D eigenvalue weighted by atomic mass is 10.0. The molecule has 0 bridgehead atoms. The minimum absolute atomic E-state index is 0.0236. The first-order valence-corrected chi connectivity index (χ1v) is 10.1. The van der Waals surface area contributed by atoms with Crippen molar-refractivity contribution in [2.75, 3.05) is 33.8 Å². The quantitative estimate of drug-likeness (QED) is 0.812. The molecule has 0 aliphatic carbocycles. The molecule has 1 aromatic carbocycles. The molecule has 28 heavy (non-hydrogen) atoms. The van der Waals surface area contributed by atoms with Gasteiger partial charge in [-0.1, -0.05) is 25.0 Å². The Labute approximate surface area is 169 Å². The van der Waals surface area contributed by atoms with Gasteiger partial charge in [-0.3, -0.25) is 14.5 Å². The van der Waals surface area contributed by atoms with Gasteiger partial charge >= 0.3 is 0 Å². The van der Waals surface area contributed by atoms with Crippen LogP contribution < -0.4 is 10.1 Å². The molecule has 156 valence electrons. The largest absolute Gasteiger partial charge is 0.497 e. The summed E-state index contributed by atoms with van der Waals surface area (Å²) in [6.07, 6.45) is 4.47. The topological polar surface area (TPSA) is 61.9 Å². The molecule has 1 unspecified atom stereocenters. The summed E-state index contributed by atoms with van der Waals surface area (Å²) in [6.45, 7) is 7.10. The Hall–Kier alpha value is -2.08. The van der Waals surface area contributed by atoms with Gasteiger partial charge in [0, 0.05) is 18.6 Å². The van der Waals surface area contributed by atoms with Gasteiger partial charge in [0.15, 0.2) is 0 Å². The van der Waals surface area contributed by atoms with E-state index in [2.05, 4.69) is 22.3 Å². The fourth-order valence-corrected chi connectivity index (χ4v) is 3.62. The zero-order chi connectivity index (χ0) is 20.7. The van der Waals surface area contributed by atoms with Gasteiger partial charge in [-0.25, -0.2) is 0 Å². The molecule has 1 aliphatic heterocycles. The van der Waals surface area contributed by atoms with Crippen molar-refractivity contribution in [1.29, 1.82) is 0 Å². The molecule has 1 N–H and O–H groups in total. The van der Waals surface area contributed by atoms with Gasteiger partial charge in [-0.2, -0.15) is 0 Å². The molecule has 2 amide bonds. The van der Waals surface area contributed by atoms with Crippen molar-refractivity contribution in [3.8, 4) is 5.75 Å². The summed E-state index contributed by atoms with van der Waals surface area (Å²) in [5, 5.41) is 2.91. The monoisotopic (exact) mass is 389 g/mol. The molecular weight excluding hydrogens is 354 g/mol. The van der Waals surface area contributed by atoms with Crippen molar-refractivity contribution >= 4 is 11.8 Å². The lowest BCUT2D eigenvalue weighted by Crippen LogP contribution is -2.48. The average molecular weight is 390 g/mol. The van der Waals surface area contributed by atoms with Crippen LogP contribution in [0.3, 0.4) is 0 Å². The molecule has 6 heteroatoms. The van der Waals surface area contributed by atoms with Crippen molar-refractivity contribution in [2.24, 2.45) is 0 Å². The van der Waals surface area contributed by atoms with E-state index in [1.54, 1.807) is 14.2 Å². The second-order valence-corrected chi connectivity index (χ2v) is 8.66. The summed E-state index contributed by atoms with van der Waals surface area (Å²) in [4.78, 5) is 28.7. The first-order chi connectivity index (χ1) is 13.2. The van der Waals surface area contributed by atoms with Crippen LogP contribution in [0.25, 0.3) is 0 Å². The highest BCUT2D eigenvalue weighted by molar-refractivity contribution is 5.85. The van der Waals surface area contributed by atoms with E-state index in [-0.39, 0.29) is 29.9 Å². The second kappa shape index (κ2) is 9.92. The maximum atomic E-state index is 12.8. The number of carbonyl (C=O) groups is 2. The number of rotatable bonds is 6. The molecule has 1 saturated heterocycles. The van der Waals surface area contributed by atoms with Gasteiger partial charge < -0.3 is 15.0 Å². The zero-order valence-corrected chi connectivity index (χ0v) is 18.0. The van der Waals surface area contributed by atoms with Crippen molar-refractivity contribution in [3.63, 3.8) is 0 Å². The van der Waals surface area contributed by atoms with Gasteiger partial charge in [-0.15, -0.1) is 0 Å². The molecule has 0 saturated carbocycles. The maximum absolute atomic E-state index is 12.8.